The number of rotatable bonds is 9. The van der Waals surface area contributed by atoms with Crippen LogP contribution in [0.4, 0.5) is 0 Å². The molecule has 0 aliphatic carbocycles. The molecule has 1 heterocycles. The molecular formula is C12H24N2O5S. The SMILES string of the molecule is COCCCN(CC(=O)NCC1CCCO1)S(C)(=O)=O. The van der Waals surface area contributed by atoms with Crippen LogP contribution in [-0.4, -0.2) is 70.9 Å². The molecule has 0 aromatic carbocycles. The third-order valence-electron chi connectivity index (χ3n) is 3.10. The average Bonchev–Trinajstić information content (AvgIpc) is 2.87. The summed E-state index contributed by atoms with van der Waals surface area (Å²) in [7, 11) is -1.84. The molecular weight excluding hydrogens is 284 g/mol. The van der Waals surface area contributed by atoms with Crippen LogP contribution in [0.25, 0.3) is 0 Å². The Morgan fingerprint density at radius 3 is 2.80 bits per heavy atom. The van der Waals surface area contributed by atoms with Crippen molar-refractivity contribution in [1.82, 2.24) is 9.62 Å². The van der Waals surface area contributed by atoms with E-state index in [1.54, 1.807) is 7.11 Å². The lowest BCUT2D eigenvalue weighted by atomic mass is 10.2. The van der Waals surface area contributed by atoms with Crippen molar-refractivity contribution in [2.45, 2.75) is 25.4 Å². The fraction of sp³-hybridized carbons (Fsp3) is 0.917. The van der Waals surface area contributed by atoms with Gasteiger partial charge >= 0.3 is 0 Å². The Labute approximate surface area is 120 Å². The first kappa shape index (κ1) is 17.4. The predicted octanol–water partition coefficient (Wildman–Crippen LogP) is -0.420. The van der Waals surface area contributed by atoms with Gasteiger partial charge in [0.2, 0.25) is 15.9 Å². The quantitative estimate of drug-likeness (QED) is 0.585. The summed E-state index contributed by atoms with van der Waals surface area (Å²) in [6, 6.07) is 0. The maximum Gasteiger partial charge on any atom is 0.235 e. The lowest BCUT2D eigenvalue weighted by Gasteiger charge is -2.19. The number of carbonyl (C=O) groups is 1. The normalized spacial score (nSPS) is 19.4. The average molecular weight is 308 g/mol. The van der Waals surface area contributed by atoms with Gasteiger partial charge in [0.1, 0.15) is 0 Å². The fourth-order valence-corrected chi connectivity index (χ4v) is 2.81. The zero-order valence-electron chi connectivity index (χ0n) is 12.1. The topological polar surface area (TPSA) is 84.9 Å². The second-order valence-corrected chi connectivity index (χ2v) is 6.86. The summed E-state index contributed by atoms with van der Waals surface area (Å²) in [4.78, 5) is 11.8. The van der Waals surface area contributed by atoms with E-state index in [0.29, 0.717) is 19.6 Å². The molecule has 0 aromatic heterocycles. The van der Waals surface area contributed by atoms with Crippen LogP contribution in [0.2, 0.25) is 0 Å². The molecule has 0 radical (unpaired) electrons. The van der Waals surface area contributed by atoms with Crippen molar-refractivity contribution >= 4 is 15.9 Å². The summed E-state index contributed by atoms with van der Waals surface area (Å²) < 4.78 is 34.6. The van der Waals surface area contributed by atoms with Gasteiger partial charge in [-0.05, 0) is 19.3 Å². The second kappa shape index (κ2) is 8.56. The van der Waals surface area contributed by atoms with Crippen LogP contribution in [0.5, 0.6) is 0 Å². The minimum Gasteiger partial charge on any atom is -0.385 e. The standard InChI is InChI=1S/C12H24N2O5S/c1-18-7-4-6-14(20(2,16)17)10-12(15)13-9-11-5-3-8-19-11/h11H,3-10H2,1-2H3,(H,13,15). The molecule has 1 fully saturated rings. The van der Waals surface area contributed by atoms with Crippen LogP contribution in [0.15, 0.2) is 0 Å². The second-order valence-electron chi connectivity index (χ2n) is 4.88. The number of sulfonamides is 1. The number of ether oxygens (including phenoxy) is 2. The van der Waals surface area contributed by atoms with E-state index in [4.69, 9.17) is 9.47 Å². The van der Waals surface area contributed by atoms with Gasteiger partial charge in [-0.25, -0.2) is 8.42 Å². The molecule has 7 nitrogen and oxygen atoms in total. The summed E-state index contributed by atoms with van der Waals surface area (Å²) in [5.74, 6) is -0.302. The van der Waals surface area contributed by atoms with Gasteiger partial charge in [-0.2, -0.15) is 4.31 Å². The molecule has 20 heavy (non-hydrogen) atoms. The molecule has 1 atom stereocenters. The van der Waals surface area contributed by atoms with Gasteiger partial charge in [0, 0.05) is 33.4 Å². The Bertz CT molecular complexity index is 393. The van der Waals surface area contributed by atoms with Gasteiger partial charge in [-0.15, -0.1) is 0 Å². The van der Waals surface area contributed by atoms with Gasteiger partial charge in [-0.1, -0.05) is 0 Å². The van der Waals surface area contributed by atoms with E-state index in [2.05, 4.69) is 5.32 Å². The van der Waals surface area contributed by atoms with Crippen molar-refractivity contribution in [3.63, 3.8) is 0 Å². The smallest absolute Gasteiger partial charge is 0.235 e. The maximum atomic E-state index is 11.8. The molecule has 8 heteroatoms. The molecule has 0 aromatic rings. The highest BCUT2D eigenvalue weighted by Gasteiger charge is 2.21. The van der Waals surface area contributed by atoms with Crippen molar-refractivity contribution in [3.8, 4) is 0 Å². The first-order chi connectivity index (χ1) is 9.43. The molecule has 1 rings (SSSR count). The zero-order valence-corrected chi connectivity index (χ0v) is 12.9. The lowest BCUT2D eigenvalue weighted by Crippen LogP contribution is -2.42. The van der Waals surface area contributed by atoms with Crippen LogP contribution >= 0.6 is 0 Å². The number of hydrogen-bond acceptors (Lipinski definition) is 5. The number of hydrogen-bond donors (Lipinski definition) is 1. The molecule has 1 amide bonds. The molecule has 118 valence electrons. The number of carbonyl (C=O) groups excluding carboxylic acids is 1. The molecule has 1 aliphatic heterocycles. The van der Waals surface area contributed by atoms with Crippen molar-refractivity contribution in [1.29, 1.82) is 0 Å². The summed E-state index contributed by atoms with van der Waals surface area (Å²) in [6.07, 6.45) is 3.66. The molecule has 0 bridgehead atoms. The summed E-state index contributed by atoms with van der Waals surface area (Å²) in [5, 5.41) is 2.72. The van der Waals surface area contributed by atoms with Gasteiger partial charge in [0.15, 0.2) is 0 Å². The Kier molecular flexibility index (Phi) is 7.42. The summed E-state index contributed by atoms with van der Waals surface area (Å²) in [6.45, 7) is 1.75. The van der Waals surface area contributed by atoms with Crippen molar-refractivity contribution in [2.75, 3.05) is 46.2 Å². The number of methoxy groups -OCH3 is 1. The Balaban J connectivity index is 2.36. The minimum atomic E-state index is -3.39. The molecule has 1 N–H and O–H groups in total. The monoisotopic (exact) mass is 308 g/mol. The van der Waals surface area contributed by atoms with Crippen LogP contribution < -0.4 is 5.32 Å². The number of amides is 1. The van der Waals surface area contributed by atoms with Crippen LogP contribution in [0.3, 0.4) is 0 Å². The number of nitrogens with zero attached hydrogens (tertiary/aromatic N) is 1. The Hall–Kier alpha value is -0.700. The predicted molar refractivity (Wildman–Crippen MR) is 74.9 cm³/mol. The van der Waals surface area contributed by atoms with Crippen molar-refractivity contribution in [2.24, 2.45) is 0 Å². The first-order valence-electron chi connectivity index (χ1n) is 6.76. The van der Waals surface area contributed by atoms with E-state index in [-0.39, 0.29) is 25.1 Å². The summed E-state index contributed by atoms with van der Waals surface area (Å²) in [5.41, 5.74) is 0. The highest BCUT2D eigenvalue weighted by atomic mass is 32.2. The molecule has 0 saturated carbocycles. The minimum absolute atomic E-state index is 0.0547. The van der Waals surface area contributed by atoms with E-state index < -0.39 is 10.0 Å². The fourth-order valence-electron chi connectivity index (χ4n) is 2.00. The highest BCUT2D eigenvalue weighted by molar-refractivity contribution is 7.88. The first-order valence-corrected chi connectivity index (χ1v) is 8.60. The third-order valence-corrected chi connectivity index (χ3v) is 4.35. The van der Waals surface area contributed by atoms with E-state index in [0.717, 1.165) is 30.0 Å². The van der Waals surface area contributed by atoms with E-state index in [9.17, 15) is 13.2 Å². The van der Waals surface area contributed by atoms with E-state index in [1.165, 1.54) is 0 Å². The van der Waals surface area contributed by atoms with E-state index >= 15 is 0 Å². The Morgan fingerprint density at radius 2 is 2.25 bits per heavy atom. The molecule has 1 unspecified atom stereocenters. The molecule has 1 saturated heterocycles. The van der Waals surface area contributed by atoms with Crippen LogP contribution in [-0.2, 0) is 24.3 Å². The number of nitrogens with one attached hydrogen (secondary N) is 1. The Morgan fingerprint density at radius 1 is 1.50 bits per heavy atom. The maximum absolute atomic E-state index is 11.8. The van der Waals surface area contributed by atoms with Crippen LogP contribution in [0.1, 0.15) is 19.3 Å². The molecule has 1 aliphatic rings. The van der Waals surface area contributed by atoms with E-state index in [1.807, 2.05) is 0 Å². The van der Waals surface area contributed by atoms with Gasteiger partial charge in [0.25, 0.3) is 0 Å². The van der Waals surface area contributed by atoms with Crippen molar-refractivity contribution < 1.29 is 22.7 Å². The van der Waals surface area contributed by atoms with Gasteiger partial charge < -0.3 is 14.8 Å². The largest absolute Gasteiger partial charge is 0.385 e. The van der Waals surface area contributed by atoms with Crippen molar-refractivity contribution in [3.05, 3.63) is 0 Å². The lowest BCUT2D eigenvalue weighted by molar-refractivity contribution is -0.121. The highest BCUT2D eigenvalue weighted by Crippen LogP contribution is 2.10. The molecule has 0 spiro atoms. The van der Waals surface area contributed by atoms with Crippen LogP contribution in [0, 0.1) is 0 Å². The van der Waals surface area contributed by atoms with Gasteiger partial charge in [0.05, 0.1) is 18.9 Å². The zero-order chi connectivity index (χ0) is 15.0. The third kappa shape index (κ3) is 6.65. The summed E-state index contributed by atoms with van der Waals surface area (Å²) >= 11 is 0. The van der Waals surface area contributed by atoms with Gasteiger partial charge in [-0.3, -0.25) is 4.79 Å².